The van der Waals surface area contributed by atoms with E-state index in [1.165, 1.54) is 25.1 Å². The number of nitrogens with one attached hydrogen (secondary N) is 1. The standard InChI is InChI=1S/C15H13ClN2O5/c1-15(6-17)9-3-2-7(16)4-8(9)12(21)11(13(15)22)14(23)18-5-10(19)20/h2-4,10-11,19-20H,5H2,1H3,(H,18,23)/t11?,15-/m0/s1. The van der Waals surface area contributed by atoms with Gasteiger partial charge in [-0.1, -0.05) is 17.7 Å². The van der Waals surface area contributed by atoms with Crippen LogP contribution in [0.2, 0.25) is 5.02 Å². The van der Waals surface area contributed by atoms with Gasteiger partial charge in [0.2, 0.25) is 5.91 Å². The van der Waals surface area contributed by atoms with Crippen molar-refractivity contribution in [2.24, 2.45) is 5.92 Å². The fourth-order valence-corrected chi connectivity index (χ4v) is 2.67. The van der Waals surface area contributed by atoms with Gasteiger partial charge < -0.3 is 15.5 Å². The van der Waals surface area contributed by atoms with Crippen LogP contribution in [0.1, 0.15) is 22.8 Å². The lowest BCUT2D eigenvalue weighted by molar-refractivity contribution is -0.135. The number of nitrogens with zero attached hydrogens (tertiary/aromatic N) is 1. The third kappa shape index (κ3) is 2.84. The van der Waals surface area contributed by atoms with Gasteiger partial charge in [-0.15, -0.1) is 0 Å². The van der Waals surface area contributed by atoms with Crippen molar-refractivity contribution in [2.45, 2.75) is 18.6 Å². The van der Waals surface area contributed by atoms with Gasteiger partial charge in [0.05, 0.1) is 12.6 Å². The molecule has 8 heteroatoms. The summed E-state index contributed by atoms with van der Waals surface area (Å²) in [6.07, 6.45) is -1.82. The van der Waals surface area contributed by atoms with E-state index in [9.17, 15) is 19.6 Å². The van der Waals surface area contributed by atoms with Gasteiger partial charge in [0, 0.05) is 10.6 Å². The maximum atomic E-state index is 12.6. The van der Waals surface area contributed by atoms with Crippen molar-refractivity contribution in [3.8, 4) is 6.07 Å². The predicted molar refractivity (Wildman–Crippen MR) is 78.5 cm³/mol. The topological polar surface area (TPSA) is 127 Å². The number of nitriles is 1. The molecule has 1 unspecified atom stereocenters. The van der Waals surface area contributed by atoms with Gasteiger partial charge in [0.15, 0.2) is 23.8 Å². The van der Waals surface area contributed by atoms with E-state index in [0.29, 0.717) is 0 Å². The highest BCUT2D eigenvalue weighted by atomic mass is 35.5. The molecule has 0 radical (unpaired) electrons. The van der Waals surface area contributed by atoms with Crippen molar-refractivity contribution in [1.82, 2.24) is 5.32 Å². The molecule has 1 aromatic carbocycles. The second-order valence-electron chi connectivity index (χ2n) is 5.31. The number of aliphatic hydroxyl groups excluding tert-OH is 1. The average molecular weight is 337 g/mol. The Morgan fingerprint density at radius 2 is 2.13 bits per heavy atom. The molecule has 23 heavy (non-hydrogen) atoms. The molecule has 7 nitrogen and oxygen atoms in total. The van der Waals surface area contributed by atoms with Crippen LogP contribution in [0.5, 0.6) is 0 Å². The van der Waals surface area contributed by atoms with Crippen LogP contribution in [0.3, 0.4) is 0 Å². The molecule has 1 aliphatic carbocycles. The van der Waals surface area contributed by atoms with E-state index in [2.05, 4.69) is 5.32 Å². The SMILES string of the molecule is C[C@@]1(C#N)C(=O)C(C(=O)NCC(O)O)C(=O)c2cc(Cl)ccc21. The zero-order valence-corrected chi connectivity index (χ0v) is 12.8. The van der Waals surface area contributed by atoms with Gasteiger partial charge in [0.1, 0.15) is 5.41 Å². The number of ketones is 2. The summed E-state index contributed by atoms with van der Waals surface area (Å²) in [4.78, 5) is 37.2. The molecule has 1 amide bonds. The quantitative estimate of drug-likeness (QED) is 0.523. The molecule has 0 aliphatic heterocycles. The lowest BCUT2D eigenvalue weighted by Crippen LogP contribution is -2.52. The van der Waals surface area contributed by atoms with Crippen molar-refractivity contribution in [3.05, 3.63) is 34.3 Å². The van der Waals surface area contributed by atoms with Crippen LogP contribution in [0.25, 0.3) is 0 Å². The van der Waals surface area contributed by atoms with Gasteiger partial charge in [-0.3, -0.25) is 14.4 Å². The number of hydrogen-bond donors (Lipinski definition) is 3. The molecule has 3 N–H and O–H groups in total. The Morgan fingerprint density at radius 3 is 2.70 bits per heavy atom. The fraction of sp³-hybridized carbons (Fsp3) is 0.333. The van der Waals surface area contributed by atoms with Crippen molar-refractivity contribution in [1.29, 1.82) is 5.26 Å². The number of amides is 1. The Hall–Kier alpha value is -2.27. The Labute approximate surface area is 136 Å². The highest BCUT2D eigenvalue weighted by molar-refractivity contribution is 6.33. The molecule has 2 atom stereocenters. The van der Waals surface area contributed by atoms with Gasteiger partial charge in [0.25, 0.3) is 0 Å². The minimum atomic E-state index is -1.82. The number of benzene rings is 1. The summed E-state index contributed by atoms with van der Waals surface area (Å²) < 4.78 is 0. The molecule has 0 aromatic heterocycles. The third-order valence-electron chi connectivity index (χ3n) is 3.75. The first kappa shape index (κ1) is 17.1. The number of rotatable bonds is 3. The summed E-state index contributed by atoms with van der Waals surface area (Å²) in [5.74, 6) is -4.35. The van der Waals surface area contributed by atoms with E-state index in [4.69, 9.17) is 21.8 Å². The molecule has 0 saturated heterocycles. The smallest absolute Gasteiger partial charge is 0.238 e. The normalized spacial score (nSPS) is 23.4. The second kappa shape index (κ2) is 6.08. The maximum Gasteiger partial charge on any atom is 0.238 e. The Morgan fingerprint density at radius 1 is 1.48 bits per heavy atom. The van der Waals surface area contributed by atoms with Crippen LogP contribution in [-0.4, -0.2) is 40.5 Å². The number of carbonyl (C=O) groups excluding carboxylic acids is 3. The summed E-state index contributed by atoms with van der Waals surface area (Å²) in [6.45, 7) is 0.789. The molecule has 0 fully saturated rings. The molecule has 1 aromatic rings. The first-order valence-electron chi connectivity index (χ1n) is 6.66. The van der Waals surface area contributed by atoms with E-state index in [1.807, 2.05) is 6.07 Å². The van der Waals surface area contributed by atoms with Crippen molar-refractivity contribution < 1.29 is 24.6 Å². The maximum absolute atomic E-state index is 12.6. The molecule has 120 valence electrons. The Kier molecular flexibility index (Phi) is 4.52. The number of aliphatic hydroxyl groups is 2. The molecule has 0 saturated carbocycles. The molecule has 2 rings (SSSR count). The van der Waals surface area contributed by atoms with Crippen LogP contribution >= 0.6 is 11.6 Å². The van der Waals surface area contributed by atoms with Crippen LogP contribution in [0.4, 0.5) is 0 Å². The second-order valence-corrected chi connectivity index (χ2v) is 5.75. The lowest BCUT2D eigenvalue weighted by Gasteiger charge is -2.32. The minimum Gasteiger partial charge on any atom is -0.367 e. The first-order valence-corrected chi connectivity index (χ1v) is 7.04. The van der Waals surface area contributed by atoms with Crippen LogP contribution in [-0.2, 0) is 15.0 Å². The molecule has 0 spiro atoms. The van der Waals surface area contributed by atoms with Crippen LogP contribution < -0.4 is 5.32 Å². The average Bonchev–Trinajstić information content (AvgIpc) is 2.50. The van der Waals surface area contributed by atoms with E-state index < -0.39 is 41.6 Å². The minimum absolute atomic E-state index is 0.0332. The van der Waals surface area contributed by atoms with E-state index in [1.54, 1.807) is 0 Å². The lowest BCUT2D eigenvalue weighted by atomic mass is 9.66. The van der Waals surface area contributed by atoms with Crippen molar-refractivity contribution in [2.75, 3.05) is 6.54 Å². The highest BCUT2D eigenvalue weighted by Crippen LogP contribution is 2.38. The van der Waals surface area contributed by atoms with Crippen LogP contribution in [0, 0.1) is 17.2 Å². The summed E-state index contributed by atoms with van der Waals surface area (Å²) in [5, 5.41) is 29.3. The fourth-order valence-electron chi connectivity index (χ4n) is 2.50. The number of halogens is 1. The zero-order valence-electron chi connectivity index (χ0n) is 12.0. The summed E-state index contributed by atoms with van der Waals surface area (Å²) >= 11 is 5.86. The number of carbonyl (C=O) groups is 3. The highest BCUT2D eigenvalue weighted by Gasteiger charge is 2.52. The summed E-state index contributed by atoms with van der Waals surface area (Å²) in [7, 11) is 0. The number of fused-ring (bicyclic) bond motifs is 1. The molecular formula is C15H13ClN2O5. The summed E-state index contributed by atoms with van der Waals surface area (Å²) in [5.41, 5.74) is -1.44. The third-order valence-corrected chi connectivity index (χ3v) is 3.98. The van der Waals surface area contributed by atoms with Crippen molar-refractivity contribution >= 4 is 29.1 Å². The number of Topliss-reactive ketones (excluding diaryl/α,β-unsaturated/α-hetero) is 2. The molecule has 1 aliphatic rings. The summed E-state index contributed by atoms with van der Waals surface area (Å²) in [6, 6.07) is 6.04. The van der Waals surface area contributed by atoms with E-state index >= 15 is 0 Å². The van der Waals surface area contributed by atoms with E-state index in [-0.39, 0.29) is 16.1 Å². The van der Waals surface area contributed by atoms with Gasteiger partial charge in [-0.25, -0.2) is 0 Å². The number of hydrogen-bond acceptors (Lipinski definition) is 6. The molecule has 0 bridgehead atoms. The zero-order chi connectivity index (χ0) is 17.4. The van der Waals surface area contributed by atoms with Crippen LogP contribution in [0.15, 0.2) is 18.2 Å². The monoisotopic (exact) mass is 336 g/mol. The van der Waals surface area contributed by atoms with Gasteiger partial charge in [-0.2, -0.15) is 5.26 Å². The molecule has 0 heterocycles. The largest absolute Gasteiger partial charge is 0.367 e. The van der Waals surface area contributed by atoms with Crippen molar-refractivity contribution in [3.63, 3.8) is 0 Å². The molecular weight excluding hydrogens is 324 g/mol. The Bertz CT molecular complexity index is 740. The van der Waals surface area contributed by atoms with E-state index in [0.717, 1.165) is 0 Å². The predicted octanol–water partition coefficient (Wildman–Crippen LogP) is -0.0702. The Balaban J connectivity index is 2.52. The van der Waals surface area contributed by atoms with Gasteiger partial charge in [-0.05, 0) is 24.6 Å². The first-order chi connectivity index (χ1) is 10.7. The van der Waals surface area contributed by atoms with Gasteiger partial charge >= 0.3 is 0 Å².